The fourth-order valence-corrected chi connectivity index (χ4v) is 1.80. The average molecular weight is 259 g/mol. The van der Waals surface area contributed by atoms with Gasteiger partial charge in [-0.15, -0.1) is 0 Å². The summed E-state index contributed by atoms with van der Waals surface area (Å²) in [6.07, 6.45) is -0.550. The molecule has 1 aromatic carbocycles. The fourth-order valence-electron chi connectivity index (χ4n) is 1.58. The van der Waals surface area contributed by atoms with Gasteiger partial charge in [-0.1, -0.05) is 11.6 Å². The first-order chi connectivity index (χ1) is 8.15. The highest BCUT2D eigenvalue weighted by molar-refractivity contribution is 6.30. The van der Waals surface area contributed by atoms with Crippen molar-refractivity contribution in [1.82, 2.24) is 5.32 Å². The third-order valence-electron chi connectivity index (χ3n) is 2.35. The Kier molecular flexibility index (Phi) is 3.93. The molecule has 0 radical (unpaired) electrons. The minimum atomic E-state index is -0.550. The fraction of sp³-hybridized carbons (Fsp3) is 0.364. The van der Waals surface area contributed by atoms with Crippen molar-refractivity contribution in [2.24, 2.45) is 0 Å². The van der Waals surface area contributed by atoms with Crippen LogP contribution in [-0.4, -0.2) is 31.7 Å². The minimum absolute atomic E-state index is 0.239. The van der Waals surface area contributed by atoms with E-state index in [0.717, 1.165) is 6.54 Å². The summed E-state index contributed by atoms with van der Waals surface area (Å²) >= 11 is 5.68. The second-order valence-corrected chi connectivity index (χ2v) is 4.15. The summed E-state index contributed by atoms with van der Waals surface area (Å²) in [5.41, 5.74) is 0.328. The molecule has 1 fully saturated rings. The second-order valence-electron chi connectivity index (χ2n) is 3.71. The Labute approximate surface area is 103 Å². The maximum atomic E-state index is 13.0. The zero-order chi connectivity index (χ0) is 12.3. The van der Waals surface area contributed by atoms with Gasteiger partial charge in [-0.05, 0) is 18.2 Å². The molecule has 1 aliphatic heterocycles. The molecule has 1 atom stereocenters. The number of anilines is 1. The molecule has 0 bridgehead atoms. The van der Waals surface area contributed by atoms with Gasteiger partial charge in [-0.2, -0.15) is 0 Å². The summed E-state index contributed by atoms with van der Waals surface area (Å²) in [7, 11) is 0. The monoisotopic (exact) mass is 258 g/mol. The largest absolute Gasteiger partial charge is 0.366 e. The molecule has 1 saturated heterocycles. The van der Waals surface area contributed by atoms with Gasteiger partial charge in [-0.25, -0.2) is 4.39 Å². The number of benzene rings is 1. The number of morpholine rings is 1. The van der Waals surface area contributed by atoms with Crippen LogP contribution in [0.1, 0.15) is 0 Å². The van der Waals surface area contributed by atoms with Crippen molar-refractivity contribution >= 4 is 23.2 Å². The molecule has 1 heterocycles. The molecule has 1 unspecified atom stereocenters. The molecule has 1 aromatic rings. The standard InChI is InChI=1S/C11H12ClFN2O2/c12-7-3-8(13)5-9(4-7)15-11(16)10-6-14-1-2-17-10/h3-5,10,14H,1-2,6H2,(H,15,16). The highest BCUT2D eigenvalue weighted by Crippen LogP contribution is 2.18. The Morgan fingerprint density at radius 1 is 1.53 bits per heavy atom. The molecule has 0 spiro atoms. The first-order valence-corrected chi connectivity index (χ1v) is 5.62. The van der Waals surface area contributed by atoms with Crippen LogP contribution in [0.15, 0.2) is 18.2 Å². The van der Waals surface area contributed by atoms with E-state index in [9.17, 15) is 9.18 Å². The number of carbonyl (C=O) groups is 1. The third-order valence-corrected chi connectivity index (χ3v) is 2.57. The molecule has 2 N–H and O–H groups in total. The van der Waals surface area contributed by atoms with Crippen molar-refractivity contribution in [1.29, 1.82) is 0 Å². The first-order valence-electron chi connectivity index (χ1n) is 5.24. The normalized spacial score (nSPS) is 20.0. The Balaban J connectivity index is 2.01. The van der Waals surface area contributed by atoms with Gasteiger partial charge in [0, 0.05) is 23.8 Å². The zero-order valence-electron chi connectivity index (χ0n) is 9.00. The Bertz CT molecular complexity index is 402. The number of halogens is 2. The summed E-state index contributed by atoms with van der Waals surface area (Å²) in [5, 5.41) is 5.84. The lowest BCUT2D eigenvalue weighted by molar-refractivity contribution is -0.128. The van der Waals surface area contributed by atoms with Crippen molar-refractivity contribution in [3.63, 3.8) is 0 Å². The van der Waals surface area contributed by atoms with Gasteiger partial charge in [0.25, 0.3) is 5.91 Å². The minimum Gasteiger partial charge on any atom is -0.366 e. The summed E-state index contributed by atoms with van der Waals surface area (Å²) < 4.78 is 18.3. The van der Waals surface area contributed by atoms with Crippen LogP contribution >= 0.6 is 11.6 Å². The van der Waals surface area contributed by atoms with Crippen LogP contribution in [0, 0.1) is 5.82 Å². The molecule has 0 saturated carbocycles. The van der Waals surface area contributed by atoms with E-state index in [4.69, 9.17) is 16.3 Å². The molecule has 1 amide bonds. The highest BCUT2D eigenvalue weighted by atomic mass is 35.5. The number of hydrogen-bond donors (Lipinski definition) is 2. The van der Waals surface area contributed by atoms with Crippen LogP contribution in [0.2, 0.25) is 5.02 Å². The van der Waals surface area contributed by atoms with Crippen molar-refractivity contribution < 1.29 is 13.9 Å². The lowest BCUT2D eigenvalue weighted by Gasteiger charge is -2.22. The molecular weight excluding hydrogens is 247 g/mol. The van der Waals surface area contributed by atoms with Crippen LogP contribution in [0.3, 0.4) is 0 Å². The first kappa shape index (κ1) is 12.3. The number of hydrogen-bond acceptors (Lipinski definition) is 3. The van der Waals surface area contributed by atoms with Gasteiger partial charge in [0.15, 0.2) is 0 Å². The van der Waals surface area contributed by atoms with Gasteiger partial charge in [0.2, 0.25) is 0 Å². The van der Waals surface area contributed by atoms with Crippen LogP contribution in [0.4, 0.5) is 10.1 Å². The lowest BCUT2D eigenvalue weighted by Crippen LogP contribution is -2.45. The maximum Gasteiger partial charge on any atom is 0.254 e. The molecule has 0 aliphatic carbocycles. The van der Waals surface area contributed by atoms with E-state index < -0.39 is 11.9 Å². The molecule has 2 rings (SSSR count). The number of ether oxygens (including phenoxy) is 1. The third kappa shape index (κ3) is 3.39. The lowest BCUT2D eigenvalue weighted by atomic mass is 10.2. The Hall–Kier alpha value is -1.17. The molecule has 6 heteroatoms. The van der Waals surface area contributed by atoms with Crippen LogP contribution < -0.4 is 10.6 Å². The molecule has 4 nitrogen and oxygen atoms in total. The molecule has 1 aliphatic rings. The molecular formula is C11H12ClFN2O2. The van der Waals surface area contributed by atoms with Crippen molar-refractivity contribution in [3.8, 4) is 0 Å². The SMILES string of the molecule is O=C(Nc1cc(F)cc(Cl)c1)C1CNCCO1. The van der Waals surface area contributed by atoms with Gasteiger partial charge >= 0.3 is 0 Å². The van der Waals surface area contributed by atoms with Gasteiger partial charge in [0.1, 0.15) is 11.9 Å². The molecule has 17 heavy (non-hydrogen) atoms. The van der Waals surface area contributed by atoms with E-state index in [-0.39, 0.29) is 10.9 Å². The van der Waals surface area contributed by atoms with E-state index in [1.54, 1.807) is 0 Å². The van der Waals surface area contributed by atoms with Crippen LogP contribution in [-0.2, 0) is 9.53 Å². The molecule has 0 aromatic heterocycles. The summed E-state index contributed by atoms with van der Waals surface area (Å²) in [6, 6.07) is 3.87. The summed E-state index contributed by atoms with van der Waals surface area (Å²) in [6.45, 7) is 1.67. The molecule has 92 valence electrons. The highest BCUT2D eigenvalue weighted by Gasteiger charge is 2.21. The summed E-state index contributed by atoms with van der Waals surface area (Å²) in [4.78, 5) is 11.7. The van der Waals surface area contributed by atoms with Crippen molar-refractivity contribution in [2.45, 2.75) is 6.10 Å². The zero-order valence-corrected chi connectivity index (χ0v) is 9.76. The second kappa shape index (κ2) is 5.44. The van der Waals surface area contributed by atoms with E-state index >= 15 is 0 Å². The predicted molar refractivity (Wildman–Crippen MR) is 62.6 cm³/mol. The quantitative estimate of drug-likeness (QED) is 0.843. The van der Waals surface area contributed by atoms with Crippen molar-refractivity contribution in [3.05, 3.63) is 29.0 Å². The topological polar surface area (TPSA) is 50.4 Å². The van der Waals surface area contributed by atoms with Gasteiger partial charge in [0.05, 0.1) is 6.61 Å². The van der Waals surface area contributed by atoms with E-state index in [0.29, 0.717) is 18.8 Å². The van der Waals surface area contributed by atoms with Crippen molar-refractivity contribution in [2.75, 3.05) is 25.0 Å². The Morgan fingerprint density at radius 2 is 2.35 bits per heavy atom. The van der Waals surface area contributed by atoms with E-state index in [1.165, 1.54) is 18.2 Å². The summed E-state index contributed by atoms with van der Waals surface area (Å²) in [5.74, 6) is -0.797. The van der Waals surface area contributed by atoms with E-state index in [2.05, 4.69) is 10.6 Å². The number of carbonyl (C=O) groups excluding carboxylic acids is 1. The van der Waals surface area contributed by atoms with Gasteiger partial charge in [-0.3, -0.25) is 4.79 Å². The van der Waals surface area contributed by atoms with Gasteiger partial charge < -0.3 is 15.4 Å². The smallest absolute Gasteiger partial charge is 0.254 e. The Morgan fingerprint density at radius 3 is 3.00 bits per heavy atom. The number of amides is 1. The maximum absolute atomic E-state index is 13.0. The number of nitrogens with one attached hydrogen (secondary N) is 2. The van der Waals surface area contributed by atoms with Crippen LogP contribution in [0.25, 0.3) is 0 Å². The number of rotatable bonds is 2. The van der Waals surface area contributed by atoms with E-state index in [1.807, 2.05) is 0 Å². The predicted octanol–water partition coefficient (Wildman–Crippen LogP) is 1.41. The average Bonchev–Trinajstić information content (AvgIpc) is 2.28. The van der Waals surface area contributed by atoms with Crippen LogP contribution in [0.5, 0.6) is 0 Å².